The Morgan fingerprint density at radius 1 is 1.38 bits per heavy atom. The Balaban J connectivity index is 2.21. The van der Waals surface area contributed by atoms with Crippen molar-refractivity contribution in [1.82, 2.24) is 10.2 Å². The maximum absolute atomic E-state index is 11.7. The predicted octanol–water partition coefficient (Wildman–Crippen LogP) is 1.10. The van der Waals surface area contributed by atoms with Gasteiger partial charge >= 0.3 is 0 Å². The lowest BCUT2D eigenvalue weighted by molar-refractivity contribution is 0.597. The zero-order chi connectivity index (χ0) is 11.6. The number of sulfone groups is 1. The second-order valence-electron chi connectivity index (χ2n) is 3.61. The van der Waals surface area contributed by atoms with E-state index >= 15 is 0 Å². The number of nitrogens with zero attached hydrogens (tertiary/aromatic N) is 3. The average Bonchev–Trinajstić information content (AvgIpc) is 2.89. The summed E-state index contributed by atoms with van der Waals surface area (Å²) in [7, 11) is -3.32. The van der Waals surface area contributed by atoms with E-state index in [0.717, 1.165) is 37.3 Å². The van der Waals surface area contributed by atoms with Gasteiger partial charge in [0.15, 0.2) is 0 Å². The van der Waals surface area contributed by atoms with E-state index < -0.39 is 9.84 Å². The molecule has 1 aliphatic rings. The number of hydrogen-bond acceptors (Lipinski definition) is 6. The highest BCUT2D eigenvalue weighted by Gasteiger charge is 2.22. The molecule has 16 heavy (non-hydrogen) atoms. The van der Waals surface area contributed by atoms with Crippen molar-refractivity contribution < 1.29 is 8.42 Å². The van der Waals surface area contributed by atoms with Crippen LogP contribution in [0.3, 0.4) is 0 Å². The van der Waals surface area contributed by atoms with E-state index in [1.807, 2.05) is 0 Å². The third-order valence-electron chi connectivity index (χ3n) is 2.38. The molecule has 0 aliphatic carbocycles. The van der Waals surface area contributed by atoms with Crippen LogP contribution in [0.4, 0.5) is 5.13 Å². The van der Waals surface area contributed by atoms with Crippen molar-refractivity contribution in [1.29, 1.82) is 0 Å². The van der Waals surface area contributed by atoms with Gasteiger partial charge in [-0.25, -0.2) is 8.42 Å². The second kappa shape index (κ2) is 4.50. The van der Waals surface area contributed by atoms with Crippen molar-refractivity contribution in [2.75, 3.05) is 23.7 Å². The molecule has 0 unspecified atom stereocenters. The third-order valence-corrected chi connectivity index (χ3v) is 5.45. The third kappa shape index (κ3) is 2.25. The Kier molecular flexibility index (Phi) is 3.25. The van der Waals surface area contributed by atoms with E-state index in [1.54, 1.807) is 0 Å². The molecule has 7 heteroatoms. The van der Waals surface area contributed by atoms with Crippen molar-refractivity contribution in [2.45, 2.75) is 17.2 Å². The minimum absolute atomic E-state index is 0.0817. The first-order valence-corrected chi connectivity index (χ1v) is 7.52. The molecule has 0 saturated carbocycles. The Labute approximate surface area is 98.7 Å². The minimum atomic E-state index is -3.32. The average molecular weight is 259 g/mol. The van der Waals surface area contributed by atoms with Crippen LogP contribution in [0, 0.1) is 0 Å². The molecule has 0 amide bonds. The van der Waals surface area contributed by atoms with Gasteiger partial charge in [0.1, 0.15) is 0 Å². The Morgan fingerprint density at radius 3 is 2.69 bits per heavy atom. The van der Waals surface area contributed by atoms with Crippen LogP contribution in [-0.4, -0.2) is 37.5 Å². The Bertz CT molecular complexity index is 475. The molecule has 5 nitrogen and oxygen atoms in total. The van der Waals surface area contributed by atoms with E-state index in [9.17, 15) is 8.42 Å². The first kappa shape index (κ1) is 11.5. The molecular formula is C9H13N3O2S2. The minimum Gasteiger partial charge on any atom is -0.347 e. The maximum Gasteiger partial charge on any atom is 0.234 e. The molecule has 0 radical (unpaired) electrons. The topological polar surface area (TPSA) is 63.2 Å². The highest BCUT2D eigenvalue weighted by molar-refractivity contribution is 7.93. The van der Waals surface area contributed by atoms with Crippen LogP contribution in [0.25, 0.3) is 0 Å². The summed E-state index contributed by atoms with van der Waals surface area (Å²) < 4.78 is 23.4. The molecule has 2 rings (SSSR count). The SMILES string of the molecule is C=CCS(=O)(=O)c1nnc(N2CCCC2)s1. The fraction of sp³-hybridized carbons (Fsp3) is 0.556. The lowest BCUT2D eigenvalue weighted by atomic mass is 10.4. The van der Waals surface area contributed by atoms with Gasteiger partial charge in [-0.1, -0.05) is 17.4 Å². The van der Waals surface area contributed by atoms with Crippen molar-refractivity contribution in [2.24, 2.45) is 0 Å². The van der Waals surface area contributed by atoms with Gasteiger partial charge in [0.05, 0.1) is 5.75 Å². The predicted molar refractivity (Wildman–Crippen MR) is 63.6 cm³/mol. The molecule has 88 valence electrons. The van der Waals surface area contributed by atoms with E-state index in [4.69, 9.17) is 0 Å². The molecule has 0 aromatic carbocycles. The summed E-state index contributed by atoms with van der Waals surface area (Å²) in [5.74, 6) is -0.0817. The normalized spacial score (nSPS) is 16.6. The summed E-state index contributed by atoms with van der Waals surface area (Å²) in [6, 6.07) is 0. The molecule has 0 atom stereocenters. The van der Waals surface area contributed by atoms with Crippen molar-refractivity contribution in [3.8, 4) is 0 Å². The van der Waals surface area contributed by atoms with Crippen LogP contribution in [0.15, 0.2) is 17.0 Å². The van der Waals surface area contributed by atoms with E-state index in [0.29, 0.717) is 5.13 Å². The van der Waals surface area contributed by atoms with Crippen LogP contribution >= 0.6 is 11.3 Å². The maximum atomic E-state index is 11.7. The van der Waals surface area contributed by atoms with Gasteiger partial charge in [-0.2, -0.15) is 0 Å². The van der Waals surface area contributed by atoms with Gasteiger partial charge in [0, 0.05) is 13.1 Å². The molecule has 0 bridgehead atoms. The first-order valence-electron chi connectivity index (χ1n) is 5.05. The van der Waals surface area contributed by atoms with Crippen molar-refractivity contribution in [3.63, 3.8) is 0 Å². The quantitative estimate of drug-likeness (QED) is 0.758. The molecule has 1 fully saturated rings. The molecule has 0 N–H and O–H groups in total. The summed E-state index contributed by atoms with van der Waals surface area (Å²) in [6.07, 6.45) is 3.63. The van der Waals surface area contributed by atoms with Gasteiger partial charge in [0.25, 0.3) is 0 Å². The monoisotopic (exact) mass is 259 g/mol. The summed E-state index contributed by atoms with van der Waals surface area (Å²) in [4.78, 5) is 2.07. The fourth-order valence-corrected chi connectivity index (χ4v) is 3.78. The first-order chi connectivity index (χ1) is 7.63. The van der Waals surface area contributed by atoms with Crippen molar-refractivity contribution >= 4 is 26.3 Å². The smallest absolute Gasteiger partial charge is 0.234 e. The Hall–Kier alpha value is -0.950. The number of aromatic nitrogens is 2. The standard InChI is InChI=1S/C9H13N3O2S2/c1-2-7-16(13,14)9-11-10-8(15-9)12-5-3-4-6-12/h2H,1,3-7H2. The zero-order valence-electron chi connectivity index (χ0n) is 8.79. The second-order valence-corrected chi connectivity index (χ2v) is 6.78. The van der Waals surface area contributed by atoms with Gasteiger partial charge < -0.3 is 4.90 Å². The van der Waals surface area contributed by atoms with Gasteiger partial charge in [-0.05, 0) is 12.8 Å². The van der Waals surface area contributed by atoms with Gasteiger partial charge in [0.2, 0.25) is 19.3 Å². The molecule has 1 aliphatic heterocycles. The molecule has 2 heterocycles. The van der Waals surface area contributed by atoms with Crippen LogP contribution in [0.5, 0.6) is 0 Å². The molecule has 1 saturated heterocycles. The van der Waals surface area contributed by atoms with E-state index in [2.05, 4.69) is 21.7 Å². The highest BCUT2D eigenvalue weighted by Crippen LogP contribution is 2.26. The molecule has 0 spiro atoms. The van der Waals surface area contributed by atoms with Crippen LogP contribution in [0.1, 0.15) is 12.8 Å². The molecule has 1 aromatic heterocycles. The zero-order valence-corrected chi connectivity index (χ0v) is 10.4. The van der Waals surface area contributed by atoms with Crippen LogP contribution in [0.2, 0.25) is 0 Å². The summed E-state index contributed by atoms with van der Waals surface area (Å²) in [6.45, 7) is 5.30. The van der Waals surface area contributed by atoms with Gasteiger partial charge in [-0.3, -0.25) is 0 Å². The number of rotatable bonds is 4. The van der Waals surface area contributed by atoms with E-state index in [1.165, 1.54) is 6.08 Å². The Morgan fingerprint density at radius 2 is 2.06 bits per heavy atom. The molecule has 1 aromatic rings. The van der Waals surface area contributed by atoms with Crippen LogP contribution in [-0.2, 0) is 9.84 Å². The largest absolute Gasteiger partial charge is 0.347 e. The number of hydrogen-bond donors (Lipinski definition) is 0. The van der Waals surface area contributed by atoms with Crippen LogP contribution < -0.4 is 4.90 Å². The van der Waals surface area contributed by atoms with E-state index in [-0.39, 0.29) is 10.1 Å². The summed E-state index contributed by atoms with van der Waals surface area (Å²) >= 11 is 1.14. The van der Waals surface area contributed by atoms with Gasteiger partial charge in [-0.15, -0.1) is 16.8 Å². The number of anilines is 1. The molecular weight excluding hydrogens is 246 g/mol. The van der Waals surface area contributed by atoms with Crippen molar-refractivity contribution in [3.05, 3.63) is 12.7 Å². The summed E-state index contributed by atoms with van der Waals surface area (Å²) in [5.41, 5.74) is 0. The highest BCUT2D eigenvalue weighted by atomic mass is 32.2. The summed E-state index contributed by atoms with van der Waals surface area (Å²) in [5, 5.41) is 8.38. The fourth-order valence-electron chi connectivity index (χ4n) is 1.59. The lowest BCUT2D eigenvalue weighted by Crippen LogP contribution is -2.17. The lowest BCUT2D eigenvalue weighted by Gasteiger charge is -2.10.